The van der Waals surface area contributed by atoms with Gasteiger partial charge in [-0.2, -0.15) is 10.2 Å². The highest BCUT2D eigenvalue weighted by Crippen LogP contribution is 2.24. The smallest absolute Gasteiger partial charge is 0.249 e. The molecule has 0 fully saturated rings. The van der Waals surface area contributed by atoms with Crippen LogP contribution in [-0.4, -0.2) is 25.5 Å². The van der Waals surface area contributed by atoms with E-state index in [1.165, 1.54) is 6.08 Å². The zero-order chi connectivity index (χ0) is 18.7. The van der Waals surface area contributed by atoms with Crippen LogP contribution in [0.5, 0.6) is 0 Å². The molecule has 2 aromatic heterocycles. The number of rotatable bonds is 5. The fourth-order valence-corrected chi connectivity index (χ4v) is 3.13. The lowest BCUT2D eigenvalue weighted by Gasteiger charge is -2.05. The predicted octanol–water partition coefficient (Wildman–Crippen LogP) is 4.39. The van der Waals surface area contributed by atoms with Crippen molar-refractivity contribution in [1.82, 2.24) is 19.6 Å². The molecule has 1 aromatic carbocycles. The number of carbonyl (C=O) groups excluding carboxylic acids is 1. The average molecular weight is 455 g/mol. The van der Waals surface area contributed by atoms with Gasteiger partial charge in [-0.05, 0) is 39.7 Å². The molecule has 134 valence electrons. The van der Waals surface area contributed by atoms with Crippen molar-refractivity contribution in [2.24, 2.45) is 7.05 Å². The number of nitrogens with one attached hydrogen (secondary N) is 1. The number of halogens is 3. The van der Waals surface area contributed by atoms with Gasteiger partial charge < -0.3 is 5.32 Å². The molecule has 26 heavy (non-hydrogen) atoms. The molecule has 0 unspecified atom stereocenters. The van der Waals surface area contributed by atoms with Crippen molar-refractivity contribution in [3.8, 4) is 0 Å². The van der Waals surface area contributed by atoms with Gasteiger partial charge in [0.1, 0.15) is 0 Å². The van der Waals surface area contributed by atoms with Crippen molar-refractivity contribution >= 4 is 56.9 Å². The molecule has 3 aromatic rings. The molecular formula is C17H14BrCl2N5O. The molecule has 1 amide bonds. The molecule has 0 saturated carbocycles. The normalized spacial score (nSPS) is 11.2. The average Bonchev–Trinajstić information content (AvgIpc) is 3.14. The van der Waals surface area contributed by atoms with Gasteiger partial charge in [0, 0.05) is 41.1 Å². The second-order valence-corrected chi connectivity index (χ2v) is 7.23. The fourth-order valence-electron chi connectivity index (χ4n) is 2.24. The molecule has 0 atom stereocenters. The summed E-state index contributed by atoms with van der Waals surface area (Å²) in [5.74, 6) is 0.139. The highest BCUT2D eigenvalue weighted by Gasteiger charge is 2.10. The van der Waals surface area contributed by atoms with Crippen molar-refractivity contribution in [3.05, 3.63) is 68.5 Å². The lowest BCUT2D eigenvalue weighted by molar-refractivity contribution is -0.111. The van der Waals surface area contributed by atoms with Gasteiger partial charge in [-0.25, -0.2) is 0 Å². The molecule has 0 aliphatic rings. The minimum atomic E-state index is -0.288. The Morgan fingerprint density at radius 1 is 1.35 bits per heavy atom. The summed E-state index contributed by atoms with van der Waals surface area (Å²) in [5.41, 5.74) is 1.71. The Hall–Kier alpha value is -2.09. The summed E-state index contributed by atoms with van der Waals surface area (Å²) in [4.78, 5) is 12.1. The highest BCUT2D eigenvalue weighted by molar-refractivity contribution is 9.10. The van der Waals surface area contributed by atoms with Gasteiger partial charge in [0.15, 0.2) is 5.82 Å². The van der Waals surface area contributed by atoms with Crippen LogP contribution >= 0.6 is 39.1 Å². The molecule has 2 heterocycles. The third kappa shape index (κ3) is 4.75. The highest BCUT2D eigenvalue weighted by atomic mass is 79.9. The Bertz CT molecular complexity index is 979. The van der Waals surface area contributed by atoms with E-state index in [4.69, 9.17) is 23.2 Å². The van der Waals surface area contributed by atoms with Gasteiger partial charge >= 0.3 is 0 Å². The maximum atomic E-state index is 12.1. The first-order chi connectivity index (χ1) is 12.4. The van der Waals surface area contributed by atoms with Crippen LogP contribution in [-0.2, 0) is 18.4 Å². The number of benzene rings is 1. The number of carbonyl (C=O) groups is 1. The van der Waals surface area contributed by atoms with Crippen molar-refractivity contribution < 1.29 is 4.79 Å². The Morgan fingerprint density at radius 3 is 2.85 bits per heavy atom. The molecule has 9 heteroatoms. The van der Waals surface area contributed by atoms with E-state index < -0.39 is 0 Å². The van der Waals surface area contributed by atoms with Crippen LogP contribution in [0.25, 0.3) is 6.08 Å². The Kier molecular flexibility index (Phi) is 5.80. The Labute approximate surface area is 168 Å². The van der Waals surface area contributed by atoms with E-state index in [0.29, 0.717) is 26.9 Å². The first-order valence-corrected chi connectivity index (χ1v) is 9.10. The van der Waals surface area contributed by atoms with Crippen LogP contribution in [0.3, 0.4) is 0 Å². The van der Waals surface area contributed by atoms with Gasteiger partial charge in [0.25, 0.3) is 0 Å². The van der Waals surface area contributed by atoms with Crippen LogP contribution in [0, 0.1) is 0 Å². The molecule has 0 bridgehead atoms. The van der Waals surface area contributed by atoms with E-state index in [1.54, 1.807) is 40.0 Å². The van der Waals surface area contributed by atoms with E-state index in [1.807, 2.05) is 19.3 Å². The second kappa shape index (κ2) is 8.07. The first-order valence-electron chi connectivity index (χ1n) is 7.55. The lowest BCUT2D eigenvalue weighted by Crippen LogP contribution is -2.09. The number of aromatic nitrogens is 4. The van der Waals surface area contributed by atoms with Crippen molar-refractivity contribution in [3.63, 3.8) is 0 Å². The summed E-state index contributed by atoms with van der Waals surface area (Å²) < 4.78 is 4.02. The maximum absolute atomic E-state index is 12.1. The summed E-state index contributed by atoms with van der Waals surface area (Å²) in [6.07, 6.45) is 8.36. The Balaban J connectivity index is 1.67. The zero-order valence-corrected chi connectivity index (χ0v) is 16.8. The summed E-state index contributed by atoms with van der Waals surface area (Å²) in [7, 11) is 1.81. The molecule has 1 N–H and O–H groups in total. The van der Waals surface area contributed by atoms with Crippen LogP contribution < -0.4 is 5.32 Å². The topological polar surface area (TPSA) is 64.7 Å². The molecule has 0 aliphatic heterocycles. The summed E-state index contributed by atoms with van der Waals surface area (Å²) >= 11 is 15.5. The monoisotopic (exact) mass is 453 g/mol. The molecule has 0 saturated heterocycles. The third-order valence-electron chi connectivity index (χ3n) is 3.46. The van der Waals surface area contributed by atoms with Gasteiger partial charge in [0.2, 0.25) is 5.91 Å². The largest absolute Gasteiger partial charge is 0.305 e. The Morgan fingerprint density at radius 2 is 2.15 bits per heavy atom. The van der Waals surface area contributed by atoms with Crippen LogP contribution in [0.4, 0.5) is 5.82 Å². The quantitative estimate of drug-likeness (QED) is 0.581. The predicted molar refractivity (Wildman–Crippen MR) is 106 cm³/mol. The van der Waals surface area contributed by atoms with E-state index in [2.05, 4.69) is 31.4 Å². The lowest BCUT2D eigenvalue weighted by atomic mass is 10.2. The maximum Gasteiger partial charge on any atom is 0.249 e. The minimum absolute atomic E-state index is 0.288. The van der Waals surface area contributed by atoms with Crippen molar-refractivity contribution in [1.29, 1.82) is 0 Å². The molecule has 3 rings (SSSR count). The SMILES string of the molecule is Cn1cc(/C=C/C(=O)Nc2nn(Cc3ccc(Cl)cc3Cl)cc2Br)cn1. The molecular weight excluding hydrogens is 441 g/mol. The van der Waals surface area contributed by atoms with Crippen LogP contribution in [0.1, 0.15) is 11.1 Å². The molecule has 6 nitrogen and oxygen atoms in total. The van der Waals surface area contributed by atoms with Crippen molar-refractivity contribution in [2.45, 2.75) is 6.54 Å². The number of hydrogen-bond donors (Lipinski definition) is 1. The number of anilines is 1. The second-order valence-electron chi connectivity index (χ2n) is 5.53. The standard InChI is InChI=1S/C17H14BrCl2N5O/c1-24-8-11(7-21-24)2-5-16(26)22-17-14(18)10-25(23-17)9-12-3-4-13(19)6-15(12)20/h2-8,10H,9H2,1H3,(H,22,23,26)/b5-2+. The number of hydrogen-bond acceptors (Lipinski definition) is 3. The van der Waals surface area contributed by atoms with E-state index >= 15 is 0 Å². The van der Waals surface area contributed by atoms with Crippen LogP contribution in [0.2, 0.25) is 10.0 Å². The number of aryl methyl sites for hydroxylation is 1. The van der Waals surface area contributed by atoms with Gasteiger partial charge in [-0.3, -0.25) is 14.2 Å². The minimum Gasteiger partial charge on any atom is -0.305 e. The summed E-state index contributed by atoms with van der Waals surface area (Å²) in [6, 6.07) is 5.30. The van der Waals surface area contributed by atoms with Crippen molar-refractivity contribution in [2.75, 3.05) is 5.32 Å². The van der Waals surface area contributed by atoms with E-state index in [9.17, 15) is 4.79 Å². The van der Waals surface area contributed by atoms with E-state index in [-0.39, 0.29) is 5.91 Å². The van der Waals surface area contributed by atoms with Crippen LogP contribution in [0.15, 0.2) is 47.3 Å². The summed E-state index contributed by atoms with van der Waals surface area (Å²) in [5, 5.41) is 12.3. The van der Waals surface area contributed by atoms with Gasteiger partial charge in [0.05, 0.1) is 17.2 Å². The number of amides is 1. The third-order valence-corrected chi connectivity index (χ3v) is 4.63. The first kappa shape index (κ1) is 18.7. The van der Waals surface area contributed by atoms with Gasteiger partial charge in [-0.15, -0.1) is 0 Å². The molecule has 0 radical (unpaired) electrons. The zero-order valence-electron chi connectivity index (χ0n) is 13.7. The fraction of sp³-hybridized carbons (Fsp3) is 0.118. The molecule has 0 spiro atoms. The van der Waals surface area contributed by atoms with Gasteiger partial charge in [-0.1, -0.05) is 29.3 Å². The van der Waals surface area contributed by atoms with E-state index in [0.717, 1.165) is 11.1 Å². The summed E-state index contributed by atoms with van der Waals surface area (Å²) in [6.45, 7) is 0.454. The number of nitrogens with zero attached hydrogens (tertiary/aromatic N) is 4. The molecule has 0 aliphatic carbocycles.